The fourth-order valence-corrected chi connectivity index (χ4v) is 4.52. The van der Waals surface area contributed by atoms with E-state index in [0.29, 0.717) is 41.4 Å². The third-order valence-electron chi connectivity index (χ3n) is 5.22. The molecule has 4 rings (SSSR count). The maximum absolute atomic E-state index is 12.8. The molecular formula is C22H24ClN5O2S. The molecule has 0 atom stereocenters. The number of benzene rings is 2. The first kappa shape index (κ1) is 21.8. The normalized spacial score (nSPS) is 14.7. The van der Waals surface area contributed by atoms with Crippen molar-refractivity contribution >= 4 is 29.3 Å². The molecule has 0 aliphatic carbocycles. The molecule has 1 aliphatic rings. The zero-order valence-electron chi connectivity index (χ0n) is 17.0. The molecule has 0 unspecified atom stereocenters. The average Bonchev–Trinajstić information content (AvgIpc) is 3.23. The van der Waals surface area contributed by atoms with Crippen LogP contribution in [0.15, 0.2) is 59.8 Å². The lowest BCUT2D eigenvalue weighted by Crippen LogP contribution is -2.49. The summed E-state index contributed by atoms with van der Waals surface area (Å²) in [5, 5.41) is 19.2. The van der Waals surface area contributed by atoms with Crippen molar-refractivity contribution in [3.05, 3.63) is 59.6 Å². The van der Waals surface area contributed by atoms with Crippen LogP contribution in [0.3, 0.4) is 0 Å². The van der Waals surface area contributed by atoms with Crippen LogP contribution >= 0.6 is 23.4 Å². The molecule has 1 N–H and O–H groups in total. The Morgan fingerprint density at radius 3 is 2.39 bits per heavy atom. The second-order valence-corrected chi connectivity index (χ2v) is 8.60. The maximum atomic E-state index is 12.8. The number of thioether (sulfide) groups is 1. The lowest BCUT2D eigenvalue weighted by atomic mass is 10.2. The summed E-state index contributed by atoms with van der Waals surface area (Å²) in [7, 11) is 0. The Kier molecular flexibility index (Phi) is 7.24. The van der Waals surface area contributed by atoms with Crippen LogP contribution in [0.4, 0.5) is 0 Å². The number of β-amino-alcohol motifs (C(OH)–C–C–N with tert-alkyl or cyclic N) is 1. The minimum Gasteiger partial charge on any atom is -0.395 e. The number of piperazine rings is 1. The van der Waals surface area contributed by atoms with Gasteiger partial charge in [0, 0.05) is 49.0 Å². The van der Waals surface area contributed by atoms with Crippen LogP contribution < -0.4 is 0 Å². The smallest absolute Gasteiger partial charge is 0.233 e. The summed E-state index contributed by atoms with van der Waals surface area (Å²) in [6.07, 6.45) is 0. The Bertz CT molecular complexity index is 1000. The van der Waals surface area contributed by atoms with E-state index in [1.165, 1.54) is 11.8 Å². The second-order valence-electron chi connectivity index (χ2n) is 7.22. The summed E-state index contributed by atoms with van der Waals surface area (Å²) in [6.45, 7) is 3.75. The van der Waals surface area contributed by atoms with Gasteiger partial charge in [-0.25, -0.2) is 0 Å². The standard InChI is InChI=1S/C22H24ClN5O2S/c23-18-8-6-17(7-9-18)21-24-25-22(28(21)19-4-2-1-3-5-19)31-16-20(30)27-12-10-26(11-13-27)14-15-29/h1-9,29H,10-16H2. The molecule has 0 saturated carbocycles. The molecular weight excluding hydrogens is 434 g/mol. The van der Waals surface area contributed by atoms with E-state index < -0.39 is 0 Å². The van der Waals surface area contributed by atoms with Crippen LogP contribution in [0.2, 0.25) is 5.02 Å². The zero-order chi connectivity index (χ0) is 21.6. The fourth-order valence-electron chi connectivity index (χ4n) is 3.54. The van der Waals surface area contributed by atoms with Gasteiger partial charge in [-0.2, -0.15) is 0 Å². The number of aliphatic hydroxyl groups is 1. The molecule has 2 aromatic carbocycles. The van der Waals surface area contributed by atoms with Crippen molar-refractivity contribution in [3.63, 3.8) is 0 Å². The van der Waals surface area contributed by atoms with E-state index in [1.54, 1.807) is 0 Å². The maximum Gasteiger partial charge on any atom is 0.233 e. The van der Waals surface area contributed by atoms with Gasteiger partial charge in [-0.15, -0.1) is 10.2 Å². The molecule has 1 aliphatic heterocycles. The monoisotopic (exact) mass is 457 g/mol. The number of rotatable bonds is 7. The van der Waals surface area contributed by atoms with Gasteiger partial charge in [0.1, 0.15) is 0 Å². The number of carbonyl (C=O) groups is 1. The Labute approximate surface area is 190 Å². The lowest BCUT2D eigenvalue weighted by Gasteiger charge is -2.34. The van der Waals surface area contributed by atoms with Gasteiger partial charge in [-0.3, -0.25) is 14.3 Å². The molecule has 0 radical (unpaired) electrons. The number of amides is 1. The van der Waals surface area contributed by atoms with Crippen LogP contribution in [0.1, 0.15) is 0 Å². The molecule has 162 valence electrons. The summed E-state index contributed by atoms with van der Waals surface area (Å²) in [5.74, 6) is 1.09. The van der Waals surface area contributed by atoms with Crippen molar-refractivity contribution in [2.24, 2.45) is 0 Å². The van der Waals surface area contributed by atoms with Gasteiger partial charge < -0.3 is 10.0 Å². The van der Waals surface area contributed by atoms with Gasteiger partial charge in [0.05, 0.1) is 12.4 Å². The molecule has 1 aromatic heterocycles. The van der Waals surface area contributed by atoms with Gasteiger partial charge in [-0.05, 0) is 36.4 Å². The van der Waals surface area contributed by atoms with Crippen molar-refractivity contribution in [3.8, 4) is 17.1 Å². The number of nitrogens with zero attached hydrogens (tertiary/aromatic N) is 5. The molecule has 9 heteroatoms. The zero-order valence-corrected chi connectivity index (χ0v) is 18.6. The van der Waals surface area contributed by atoms with Crippen molar-refractivity contribution in [1.82, 2.24) is 24.6 Å². The first-order valence-corrected chi connectivity index (χ1v) is 11.5. The van der Waals surface area contributed by atoms with Crippen LogP contribution in [0, 0.1) is 0 Å². The van der Waals surface area contributed by atoms with Crippen LogP contribution in [0.5, 0.6) is 0 Å². The fraction of sp³-hybridized carbons (Fsp3) is 0.318. The molecule has 2 heterocycles. The van der Waals surface area contributed by atoms with Crippen molar-refractivity contribution in [2.75, 3.05) is 45.1 Å². The van der Waals surface area contributed by atoms with E-state index in [1.807, 2.05) is 64.1 Å². The Hall–Kier alpha value is -2.39. The highest BCUT2D eigenvalue weighted by molar-refractivity contribution is 7.99. The highest BCUT2D eigenvalue weighted by Crippen LogP contribution is 2.28. The van der Waals surface area contributed by atoms with Crippen LogP contribution in [0.25, 0.3) is 17.1 Å². The Morgan fingerprint density at radius 2 is 1.71 bits per heavy atom. The van der Waals surface area contributed by atoms with E-state index in [9.17, 15) is 4.79 Å². The molecule has 7 nitrogen and oxygen atoms in total. The summed E-state index contributed by atoms with van der Waals surface area (Å²) in [5.41, 5.74) is 1.84. The van der Waals surface area contributed by atoms with Crippen LogP contribution in [-0.4, -0.2) is 80.7 Å². The molecule has 1 fully saturated rings. The number of halogens is 1. The van der Waals surface area contributed by atoms with E-state index >= 15 is 0 Å². The highest BCUT2D eigenvalue weighted by Gasteiger charge is 2.22. The number of aliphatic hydroxyl groups excluding tert-OH is 1. The summed E-state index contributed by atoms with van der Waals surface area (Å²) >= 11 is 7.43. The molecule has 31 heavy (non-hydrogen) atoms. The third-order valence-corrected chi connectivity index (χ3v) is 6.38. The van der Waals surface area contributed by atoms with E-state index in [4.69, 9.17) is 16.7 Å². The molecule has 3 aromatic rings. The first-order valence-electron chi connectivity index (χ1n) is 10.2. The minimum absolute atomic E-state index is 0.0873. The van der Waals surface area contributed by atoms with Gasteiger partial charge >= 0.3 is 0 Å². The second kappa shape index (κ2) is 10.3. The number of carbonyl (C=O) groups excluding carboxylic acids is 1. The highest BCUT2D eigenvalue weighted by atomic mass is 35.5. The summed E-state index contributed by atoms with van der Waals surface area (Å²) in [6, 6.07) is 17.4. The molecule has 1 saturated heterocycles. The number of para-hydroxylation sites is 1. The molecule has 0 spiro atoms. The number of hydrogen-bond donors (Lipinski definition) is 1. The largest absolute Gasteiger partial charge is 0.395 e. The SMILES string of the molecule is O=C(CSc1nnc(-c2ccc(Cl)cc2)n1-c1ccccc1)N1CCN(CCO)CC1. The van der Waals surface area contributed by atoms with Crippen LogP contribution in [-0.2, 0) is 4.79 Å². The van der Waals surface area contributed by atoms with Crippen molar-refractivity contribution < 1.29 is 9.90 Å². The average molecular weight is 458 g/mol. The van der Waals surface area contributed by atoms with Gasteiger partial charge in [-0.1, -0.05) is 41.6 Å². The molecule has 1 amide bonds. The number of hydrogen-bond acceptors (Lipinski definition) is 6. The van der Waals surface area contributed by atoms with Gasteiger partial charge in [0.15, 0.2) is 11.0 Å². The predicted molar refractivity (Wildman–Crippen MR) is 123 cm³/mol. The first-order chi connectivity index (χ1) is 15.2. The van der Waals surface area contributed by atoms with Crippen molar-refractivity contribution in [2.45, 2.75) is 5.16 Å². The predicted octanol–water partition coefficient (Wildman–Crippen LogP) is 2.82. The van der Waals surface area contributed by atoms with E-state index in [-0.39, 0.29) is 12.5 Å². The minimum atomic E-state index is 0.0873. The Morgan fingerprint density at radius 1 is 1.00 bits per heavy atom. The lowest BCUT2D eigenvalue weighted by molar-refractivity contribution is -0.130. The van der Waals surface area contributed by atoms with Gasteiger partial charge in [0.2, 0.25) is 5.91 Å². The van der Waals surface area contributed by atoms with Crippen molar-refractivity contribution in [1.29, 1.82) is 0 Å². The molecule has 0 bridgehead atoms. The quantitative estimate of drug-likeness (QED) is 0.550. The Balaban J connectivity index is 1.51. The summed E-state index contributed by atoms with van der Waals surface area (Å²) in [4.78, 5) is 16.8. The third kappa shape index (κ3) is 5.27. The van der Waals surface area contributed by atoms with Gasteiger partial charge in [0.25, 0.3) is 0 Å². The number of aromatic nitrogens is 3. The topological polar surface area (TPSA) is 74.5 Å². The summed E-state index contributed by atoms with van der Waals surface area (Å²) < 4.78 is 1.97. The van der Waals surface area contributed by atoms with E-state index in [2.05, 4.69) is 15.1 Å². The van der Waals surface area contributed by atoms with E-state index in [0.717, 1.165) is 24.3 Å².